The summed E-state index contributed by atoms with van der Waals surface area (Å²) in [5.41, 5.74) is 1.31. The SMILES string of the molecule is CCN1C[C@H](NC(=O)c2cc(Cl)ccc2NC)[C@@H](OC)C1. The van der Waals surface area contributed by atoms with Crippen molar-refractivity contribution in [2.45, 2.75) is 19.1 Å². The number of methoxy groups -OCH3 is 1. The van der Waals surface area contributed by atoms with Crippen molar-refractivity contribution in [3.63, 3.8) is 0 Å². The minimum Gasteiger partial charge on any atom is -0.387 e. The van der Waals surface area contributed by atoms with Crippen LogP contribution in [0.5, 0.6) is 0 Å². The first-order valence-corrected chi connectivity index (χ1v) is 7.50. The van der Waals surface area contributed by atoms with Crippen LogP contribution in [0.2, 0.25) is 5.02 Å². The molecule has 1 aliphatic rings. The second-order valence-corrected chi connectivity index (χ2v) is 5.58. The van der Waals surface area contributed by atoms with Crippen molar-refractivity contribution in [3.8, 4) is 0 Å². The van der Waals surface area contributed by atoms with Gasteiger partial charge in [0.25, 0.3) is 5.91 Å². The topological polar surface area (TPSA) is 53.6 Å². The average molecular weight is 312 g/mol. The number of ether oxygens (including phenoxy) is 1. The number of rotatable bonds is 5. The van der Waals surface area contributed by atoms with Crippen LogP contribution in [0.15, 0.2) is 18.2 Å². The number of nitrogens with one attached hydrogen (secondary N) is 2. The van der Waals surface area contributed by atoms with Crippen LogP contribution in [0.25, 0.3) is 0 Å². The second-order valence-electron chi connectivity index (χ2n) is 5.15. The molecule has 0 saturated carbocycles. The van der Waals surface area contributed by atoms with Gasteiger partial charge in [-0.15, -0.1) is 0 Å². The second kappa shape index (κ2) is 7.11. The van der Waals surface area contributed by atoms with Crippen LogP contribution in [0.1, 0.15) is 17.3 Å². The molecule has 0 bridgehead atoms. The quantitative estimate of drug-likeness (QED) is 0.871. The number of carbonyl (C=O) groups excluding carboxylic acids is 1. The molecule has 0 aromatic heterocycles. The number of carbonyl (C=O) groups is 1. The number of nitrogens with zero attached hydrogens (tertiary/aromatic N) is 1. The van der Waals surface area contributed by atoms with Gasteiger partial charge in [-0.05, 0) is 24.7 Å². The monoisotopic (exact) mass is 311 g/mol. The molecule has 1 heterocycles. The van der Waals surface area contributed by atoms with Crippen molar-refractivity contribution in [2.75, 3.05) is 39.1 Å². The summed E-state index contributed by atoms with van der Waals surface area (Å²) in [5, 5.41) is 6.62. The lowest BCUT2D eigenvalue weighted by Crippen LogP contribution is -2.43. The van der Waals surface area contributed by atoms with E-state index >= 15 is 0 Å². The Morgan fingerprint density at radius 1 is 1.48 bits per heavy atom. The summed E-state index contributed by atoms with van der Waals surface area (Å²) in [6.07, 6.45) is 0.0196. The van der Waals surface area contributed by atoms with E-state index in [9.17, 15) is 4.79 Å². The zero-order valence-electron chi connectivity index (χ0n) is 12.6. The highest BCUT2D eigenvalue weighted by Crippen LogP contribution is 2.21. The summed E-state index contributed by atoms with van der Waals surface area (Å²) in [6, 6.07) is 5.23. The number of anilines is 1. The number of likely N-dealkylation sites (N-methyl/N-ethyl adjacent to an activating group) is 1. The number of benzene rings is 1. The lowest BCUT2D eigenvalue weighted by Gasteiger charge is -2.19. The lowest BCUT2D eigenvalue weighted by molar-refractivity contribution is 0.0763. The minimum absolute atomic E-state index is 0.00821. The molecule has 6 heteroatoms. The highest BCUT2D eigenvalue weighted by molar-refractivity contribution is 6.31. The van der Waals surface area contributed by atoms with Crippen molar-refractivity contribution in [1.82, 2.24) is 10.2 Å². The number of hydrogen-bond acceptors (Lipinski definition) is 4. The molecule has 5 nitrogen and oxygen atoms in total. The zero-order chi connectivity index (χ0) is 15.4. The molecule has 2 N–H and O–H groups in total. The summed E-state index contributed by atoms with van der Waals surface area (Å²) >= 11 is 6.00. The summed E-state index contributed by atoms with van der Waals surface area (Å²) in [4.78, 5) is 14.8. The standard InChI is InChI=1S/C15H22ClN3O2/c1-4-19-8-13(14(9-19)21-3)18-15(20)11-7-10(16)5-6-12(11)17-2/h5-7,13-14,17H,4,8-9H2,1-3H3,(H,18,20)/t13-,14-/m0/s1. The molecular weight excluding hydrogens is 290 g/mol. The predicted octanol–water partition coefficient (Wildman–Crippen LogP) is 1.83. The lowest BCUT2D eigenvalue weighted by atomic mass is 10.1. The first-order chi connectivity index (χ1) is 10.1. The molecule has 0 radical (unpaired) electrons. The number of halogens is 1. The zero-order valence-corrected chi connectivity index (χ0v) is 13.4. The van der Waals surface area contributed by atoms with Gasteiger partial charge in [-0.25, -0.2) is 0 Å². The van der Waals surface area contributed by atoms with Gasteiger partial charge < -0.3 is 15.4 Å². The smallest absolute Gasteiger partial charge is 0.253 e. The molecule has 1 saturated heterocycles. The number of hydrogen-bond donors (Lipinski definition) is 2. The highest BCUT2D eigenvalue weighted by Gasteiger charge is 2.33. The van der Waals surface area contributed by atoms with E-state index in [1.54, 1.807) is 32.4 Å². The molecule has 1 fully saturated rings. The summed E-state index contributed by atoms with van der Waals surface area (Å²) in [6.45, 7) is 4.70. The first kappa shape index (κ1) is 16.1. The molecule has 0 spiro atoms. The van der Waals surface area contributed by atoms with Crippen LogP contribution < -0.4 is 10.6 Å². The maximum Gasteiger partial charge on any atom is 0.253 e. The Kier molecular flexibility index (Phi) is 5.45. The summed E-state index contributed by atoms with van der Waals surface area (Å²) in [7, 11) is 3.47. The fraction of sp³-hybridized carbons (Fsp3) is 0.533. The van der Waals surface area contributed by atoms with Crippen molar-refractivity contribution in [3.05, 3.63) is 28.8 Å². The fourth-order valence-electron chi connectivity index (χ4n) is 2.66. The Labute approximate surface area is 130 Å². The van der Waals surface area contributed by atoms with E-state index in [2.05, 4.69) is 22.5 Å². The Morgan fingerprint density at radius 3 is 2.86 bits per heavy atom. The number of amides is 1. The van der Waals surface area contributed by atoms with Crippen molar-refractivity contribution in [1.29, 1.82) is 0 Å². The van der Waals surface area contributed by atoms with Crippen LogP contribution in [0.4, 0.5) is 5.69 Å². The minimum atomic E-state index is -0.133. The van der Waals surface area contributed by atoms with Crippen molar-refractivity contribution >= 4 is 23.2 Å². The van der Waals surface area contributed by atoms with E-state index < -0.39 is 0 Å². The van der Waals surface area contributed by atoms with Crippen LogP contribution in [0.3, 0.4) is 0 Å². The molecule has 1 aromatic rings. The average Bonchev–Trinajstić information content (AvgIpc) is 2.89. The predicted molar refractivity (Wildman–Crippen MR) is 85.2 cm³/mol. The number of likely N-dealkylation sites (tertiary alicyclic amines) is 1. The van der Waals surface area contributed by atoms with E-state index in [-0.39, 0.29) is 18.1 Å². The fourth-order valence-corrected chi connectivity index (χ4v) is 2.83. The molecule has 0 unspecified atom stereocenters. The third-order valence-corrected chi connectivity index (χ3v) is 4.14. The Morgan fingerprint density at radius 2 is 2.24 bits per heavy atom. The van der Waals surface area contributed by atoms with Gasteiger partial charge in [-0.3, -0.25) is 9.69 Å². The van der Waals surface area contributed by atoms with Crippen molar-refractivity contribution < 1.29 is 9.53 Å². The van der Waals surface area contributed by atoms with Gasteiger partial charge >= 0.3 is 0 Å². The molecule has 1 amide bonds. The van der Waals surface area contributed by atoms with Gasteiger partial charge in [0.2, 0.25) is 0 Å². The summed E-state index contributed by atoms with van der Waals surface area (Å²) < 4.78 is 5.47. The molecule has 1 aromatic carbocycles. The van der Waals surface area contributed by atoms with Crippen molar-refractivity contribution in [2.24, 2.45) is 0 Å². The van der Waals surface area contributed by atoms with Crippen LogP contribution in [-0.2, 0) is 4.74 Å². The largest absolute Gasteiger partial charge is 0.387 e. The van der Waals surface area contributed by atoms with E-state index in [1.165, 1.54) is 0 Å². The molecular formula is C15H22ClN3O2. The molecule has 1 aliphatic heterocycles. The first-order valence-electron chi connectivity index (χ1n) is 7.12. The Bertz CT molecular complexity index is 510. The third kappa shape index (κ3) is 3.67. The van der Waals surface area contributed by atoms with Crippen LogP contribution in [0, 0.1) is 0 Å². The Hall–Kier alpha value is -1.30. The van der Waals surface area contributed by atoms with Gasteiger partial charge in [0.05, 0.1) is 17.7 Å². The molecule has 116 valence electrons. The van der Waals surface area contributed by atoms with E-state index in [0.717, 1.165) is 25.3 Å². The van der Waals surface area contributed by atoms with Gasteiger partial charge in [0.1, 0.15) is 0 Å². The van der Waals surface area contributed by atoms with E-state index in [4.69, 9.17) is 16.3 Å². The van der Waals surface area contributed by atoms with Crippen LogP contribution >= 0.6 is 11.6 Å². The Balaban J connectivity index is 2.12. The molecule has 21 heavy (non-hydrogen) atoms. The van der Waals surface area contributed by atoms with E-state index in [0.29, 0.717) is 10.6 Å². The third-order valence-electron chi connectivity index (χ3n) is 3.90. The maximum atomic E-state index is 12.5. The van der Waals surface area contributed by atoms with E-state index in [1.807, 2.05) is 0 Å². The maximum absolute atomic E-state index is 12.5. The van der Waals surface area contributed by atoms with Gasteiger partial charge in [0.15, 0.2) is 0 Å². The molecule has 0 aliphatic carbocycles. The van der Waals surface area contributed by atoms with Gasteiger partial charge in [0, 0.05) is 38.0 Å². The molecule has 2 atom stereocenters. The highest BCUT2D eigenvalue weighted by atomic mass is 35.5. The molecule has 2 rings (SSSR count). The normalized spacial score (nSPS) is 22.3. The van der Waals surface area contributed by atoms with Gasteiger partial charge in [-0.2, -0.15) is 0 Å². The van der Waals surface area contributed by atoms with Crippen LogP contribution in [-0.4, -0.2) is 56.7 Å². The van der Waals surface area contributed by atoms with Gasteiger partial charge in [-0.1, -0.05) is 18.5 Å². The summed E-state index contributed by atoms with van der Waals surface area (Å²) in [5.74, 6) is -0.133.